The summed E-state index contributed by atoms with van der Waals surface area (Å²) in [6.07, 6.45) is 0. The molecule has 2 nitrogen and oxygen atoms in total. The van der Waals surface area contributed by atoms with Crippen molar-refractivity contribution in [2.24, 2.45) is 0 Å². The predicted molar refractivity (Wildman–Crippen MR) is 40.4 cm³/mol. The molecule has 0 bridgehead atoms. The first-order chi connectivity index (χ1) is 6.57. The fourth-order valence-corrected chi connectivity index (χ4v) is 0.856. The maximum atomic E-state index is 12.8. The molecule has 1 N–H and O–H groups in total. The van der Waals surface area contributed by atoms with E-state index < -0.39 is 35.5 Å². The zero-order valence-electron chi connectivity index (χ0n) is 6.74. The minimum atomic E-state index is -1.54. The molecule has 0 heterocycles. The smallest absolute Gasteiger partial charge is 0.185 e. The first-order valence-electron chi connectivity index (χ1n) is 3.51. The zero-order chi connectivity index (χ0) is 10.7. The molecule has 0 aromatic heterocycles. The van der Waals surface area contributed by atoms with Gasteiger partial charge in [-0.1, -0.05) is 0 Å². The number of benzene rings is 1. The summed E-state index contributed by atoms with van der Waals surface area (Å²) in [4.78, 5) is 0. The molecule has 0 aliphatic carbocycles. The van der Waals surface area contributed by atoms with E-state index in [2.05, 4.69) is 0 Å². The lowest BCUT2D eigenvalue weighted by molar-refractivity contribution is 0.458. The molecule has 74 valence electrons. The molecule has 0 saturated carbocycles. The van der Waals surface area contributed by atoms with E-state index >= 15 is 0 Å². The first kappa shape index (κ1) is 10.3. The van der Waals surface area contributed by atoms with Gasteiger partial charge in [0.15, 0.2) is 23.3 Å². The Morgan fingerprint density at radius 2 is 1.64 bits per heavy atom. The van der Waals surface area contributed by atoms with E-state index in [-0.39, 0.29) is 6.07 Å². The van der Waals surface area contributed by atoms with Gasteiger partial charge >= 0.3 is 0 Å². The van der Waals surface area contributed by atoms with Crippen molar-refractivity contribution in [3.05, 3.63) is 29.3 Å². The van der Waals surface area contributed by atoms with Crippen molar-refractivity contribution in [3.63, 3.8) is 0 Å². The van der Waals surface area contributed by atoms with Crippen LogP contribution in [0.4, 0.5) is 23.2 Å². The second kappa shape index (κ2) is 3.96. The Bertz CT molecular complexity index is 371. The average molecular weight is 204 g/mol. The van der Waals surface area contributed by atoms with Gasteiger partial charge in [-0.2, -0.15) is 5.26 Å². The minimum absolute atomic E-state index is 0.0994. The van der Waals surface area contributed by atoms with Gasteiger partial charge in [-0.05, 0) is 0 Å². The number of rotatable bonds is 2. The van der Waals surface area contributed by atoms with Crippen LogP contribution in [0.15, 0.2) is 6.07 Å². The Morgan fingerprint density at radius 3 is 2.07 bits per heavy atom. The molecule has 0 spiro atoms. The summed E-state index contributed by atoms with van der Waals surface area (Å²) < 4.78 is 50.7. The number of hydrogen-bond acceptors (Lipinski definition) is 2. The van der Waals surface area contributed by atoms with Gasteiger partial charge in [-0.15, -0.1) is 0 Å². The van der Waals surface area contributed by atoms with Crippen molar-refractivity contribution in [1.29, 1.82) is 5.26 Å². The molecular formula is C8H4F4N2. The van der Waals surface area contributed by atoms with E-state index in [9.17, 15) is 17.6 Å². The molecule has 0 saturated heterocycles. The van der Waals surface area contributed by atoms with E-state index in [0.717, 1.165) is 0 Å². The maximum absolute atomic E-state index is 12.8. The third-order valence-corrected chi connectivity index (χ3v) is 1.46. The van der Waals surface area contributed by atoms with Crippen molar-refractivity contribution >= 4 is 5.69 Å². The summed E-state index contributed by atoms with van der Waals surface area (Å²) in [5.74, 6) is -6.10. The Kier molecular flexibility index (Phi) is 2.92. The normalized spacial score (nSPS) is 9.64. The van der Waals surface area contributed by atoms with Crippen LogP contribution in [0.2, 0.25) is 0 Å². The molecule has 0 radical (unpaired) electrons. The second-order valence-corrected chi connectivity index (χ2v) is 2.35. The lowest BCUT2D eigenvalue weighted by atomic mass is 10.2. The highest BCUT2D eigenvalue weighted by atomic mass is 19.2. The van der Waals surface area contributed by atoms with Crippen molar-refractivity contribution < 1.29 is 17.6 Å². The highest BCUT2D eigenvalue weighted by molar-refractivity contribution is 5.47. The molecule has 6 heteroatoms. The molecule has 1 aromatic carbocycles. The Balaban J connectivity index is 3.19. The highest BCUT2D eigenvalue weighted by Gasteiger charge is 2.18. The average Bonchev–Trinajstić information content (AvgIpc) is 2.15. The highest BCUT2D eigenvalue weighted by Crippen LogP contribution is 2.23. The van der Waals surface area contributed by atoms with Gasteiger partial charge in [-0.3, -0.25) is 0 Å². The lowest BCUT2D eigenvalue weighted by Crippen LogP contribution is -2.07. The molecule has 14 heavy (non-hydrogen) atoms. The van der Waals surface area contributed by atoms with Crippen molar-refractivity contribution in [1.82, 2.24) is 0 Å². The standard InChI is InChI=1S/C8H4F4N2/c9-4-3-5(10)7(12)8(6(4)11)14-2-1-13/h3,14H,2H2. The molecule has 0 aliphatic heterocycles. The van der Waals surface area contributed by atoms with Crippen LogP contribution in [-0.4, -0.2) is 6.54 Å². The number of nitrogens with zero attached hydrogens (tertiary/aromatic N) is 1. The summed E-state index contributed by atoms with van der Waals surface area (Å²) in [7, 11) is 0. The Hall–Kier alpha value is -1.77. The molecule has 1 rings (SSSR count). The van der Waals surface area contributed by atoms with Crippen molar-refractivity contribution in [3.8, 4) is 6.07 Å². The van der Waals surface area contributed by atoms with E-state index in [4.69, 9.17) is 5.26 Å². The summed E-state index contributed by atoms with van der Waals surface area (Å²) >= 11 is 0. The van der Waals surface area contributed by atoms with Crippen molar-refractivity contribution in [2.45, 2.75) is 0 Å². The molecular weight excluding hydrogens is 200 g/mol. The van der Waals surface area contributed by atoms with Crippen LogP contribution in [0.3, 0.4) is 0 Å². The number of hydrogen-bond donors (Lipinski definition) is 1. The predicted octanol–water partition coefficient (Wildman–Crippen LogP) is 2.18. The molecule has 0 fully saturated rings. The third-order valence-electron chi connectivity index (χ3n) is 1.46. The van der Waals surface area contributed by atoms with Gasteiger partial charge in [-0.25, -0.2) is 17.6 Å². The molecule has 0 atom stereocenters. The van der Waals surface area contributed by atoms with Gasteiger partial charge in [0, 0.05) is 6.07 Å². The molecule has 1 aromatic rings. The largest absolute Gasteiger partial charge is 0.367 e. The second-order valence-electron chi connectivity index (χ2n) is 2.35. The fourth-order valence-electron chi connectivity index (χ4n) is 0.856. The summed E-state index contributed by atoms with van der Waals surface area (Å²) in [5, 5.41) is 10.0. The SMILES string of the molecule is N#CCNc1c(F)c(F)cc(F)c1F. The van der Waals surface area contributed by atoms with Crippen LogP contribution >= 0.6 is 0 Å². The lowest BCUT2D eigenvalue weighted by Gasteiger charge is -2.06. The first-order valence-corrected chi connectivity index (χ1v) is 3.51. The van der Waals surface area contributed by atoms with E-state index in [1.807, 2.05) is 5.32 Å². The third kappa shape index (κ3) is 1.76. The van der Waals surface area contributed by atoms with Crippen LogP contribution in [-0.2, 0) is 0 Å². The fraction of sp³-hybridized carbons (Fsp3) is 0.125. The summed E-state index contributed by atoms with van der Waals surface area (Å²) in [6.45, 7) is -0.448. The summed E-state index contributed by atoms with van der Waals surface area (Å²) in [5.41, 5.74) is -0.968. The number of anilines is 1. The van der Waals surface area contributed by atoms with Crippen LogP contribution in [0.1, 0.15) is 0 Å². The van der Waals surface area contributed by atoms with Crippen LogP contribution in [0, 0.1) is 34.6 Å². The van der Waals surface area contributed by atoms with E-state index in [1.165, 1.54) is 6.07 Å². The van der Waals surface area contributed by atoms with Gasteiger partial charge in [0.2, 0.25) is 0 Å². The Labute approximate surface area is 76.8 Å². The van der Waals surface area contributed by atoms with Crippen molar-refractivity contribution in [2.75, 3.05) is 11.9 Å². The molecule has 0 aliphatic rings. The van der Waals surface area contributed by atoms with Crippen LogP contribution in [0.25, 0.3) is 0 Å². The monoisotopic (exact) mass is 204 g/mol. The Morgan fingerprint density at radius 1 is 1.14 bits per heavy atom. The topological polar surface area (TPSA) is 35.8 Å². The molecule has 0 unspecified atom stereocenters. The quantitative estimate of drug-likeness (QED) is 0.455. The maximum Gasteiger partial charge on any atom is 0.185 e. The molecule has 0 amide bonds. The number of nitriles is 1. The summed E-state index contributed by atoms with van der Waals surface area (Å²) in [6, 6.07) is 1.62. The van der Waals surface area contributed by atoms with Gasteiger partial charge in [0.25, 0.3) is 0 Å². The van der Waals surface area contributed by atoms with E-state index in [0.29, 0.717) is 0 Å². The van der Waals surface area contributed by atoms with Crippen LogP contribution in [0.5, 0.6) is 0 Å². The van der Waals surface area contributed by atoms with Gasteiger partial charge in [0.1, 0.15) is 12.2 Å². The van der Waals surface area contributed by atoms with Gasteiger partial charge < -0.3 is 5.32 Å². The van der Waals surface area contributed by atoms with Crippen LogP contribution < -0.4 is 5.32 Å². The van der Waals surface area contributed by atoms with Gasteiger partial charge in [0.05, 0.1) is 6.07 Å². The zero-order valence-corrected chi connectivity index (χ0v) is 6.74. The van der Waals surface area contributed by atoms with E-state index in [1.54, 1.807) is 0 Å². The number of nitrogens with one attached hydrogen (secondary N) is 1. The number of halogens is 4. The minimum Gasteiger partial charge on any atom is -0.367 e.